The number of benzene rings is 1. The van der Waals surface area contributed by atoms with Crippen molar-refractivity contribution < 1.29 is 71.1 Å². The summed E-state index contributed by atoms with van der Waals surface area (Å²) < 4.78 is 59.7. The van der Waals surface area contributed by atoms with Crippen molar-refractivity contribution in [3.05, 3.63) is 85.5 Å². The zero-order valence-corrected chi connectivity index (χ0v) is 29.5. The van der Waals surface area contributed by atoms with Crippen molar-refractivity contribution in [3.63, 3.8) is 0 Å². The molecule has 0 aliphatic carbocycles. The molecule has 286 valence electrons. The third-order valence-corrected chi connectivity index (χ3v) is 7.57. The van der Waals surface area contributed by atoms with Crippen molar-refractivity contribution in [1.29, 1.82) is 0 Å². The van der Waals surface area contributed by atoms with E-state index in [4.69, 9.17) is 28.4 Å². The van der Waals surface area contributed by atoms with Crippen LogP contribution in [-0.4, -0.2) is 99.5 Å². The molecule has 0 aromatic heterocycles. The Morgan fingerprint density at radius 2 is 1.13 bits per heavy atom. The number of ketones is 1. The number of carbonyl (C=O) groups is 6. The van der Waals surface area contributed by atoms with Gasteiger partial charge in [-0.3, -0.25) is 9.59 Å². The van der Waals surface area contributed by atoms with Crippen LogP contribution < -0.4 is 0 Å². The largest absolute Gasteiger partial charge is 0.464 e. The van der Waals surface area contributed by atoms with Gasteiger partial charge < -0.3 is 33.5 Å². The summed E-state index contributed by atoms with van der Waals surface area (Å²) in [6.07, 6.45) is 3.00. The fourth-order valence-corrected chi connectivity index (χ4v) is 4.47. The van der Waals surface area contributed by atoms with Crippen LogP contribution in [0.1, 0.15) is 36.5 Å². The molecule has 1 aromatic carbocycles. The number of hydrogen-bond acceptors (Lipinski definition) is 13. The predicted octanol–water partition coefficient (Wildman–Crippen LogP) is 3.53. The minimum absolute atomic E-state index is 0.122. The molecule has 52 heavy (non-hydrogen) atoms. The standard InChI is InChI=1S/C37H46F2O13/c1-7-30(42)48-21-36(14-11-15-40,22-49-31(43)8-2)19-47-20-37(23-50-32(44)9-3,24-51-33(45)10-4)25-52-34(46)17-27-13-12-26(5)28(16-27)18-29(41)35(6,38)39/h7-10,12-13,16,40H,1-4,11,14-15,17-25H2,5-6H3. The van der Waals surface area contributed by atoms with Gasteiger partial charge in [-0.15, -0.1) is 0 Å². The van der Waals surface area contributed by atoms with Crippen molar-refractivity contribution in [2.45, 2.75) is 45.5 Å². The molecule has 1 N–H and O–H groups in total. The topological polar surface area (TPSA) is 178 Å². The number of rotatable bonds is 26. The summed E-state index contributed by atoms with van der Waals surface area (Å²) in [4.78, 5) is 73.2. The Morgan fingerprint density at radius 3 is 1.58 bits per heavy atom. The van der Waals surface area contributed by atoms with Gasteiger partial charge in [-0.1, -0.05) is 44.5 Å². The first-order valence-corrected chi connectivity index (χ1v) is 16.0. The van der Waals surface area contributed by atoms with E-state index in [0.717, 1.165) is 24.3 Å². The van der Waals surface area contributed by atoms with Crippen molar-refractivity contribution in [3.8, 4) is 0 Å². The van der Waals surface area contributed by atoms with E-state index >= 15 is 0 Å². The van der Waals surface area contributed by atoms with Gasteiger partial charge in [0.2, 0.25) is 5.78 Å². The van der Waals surface area contributed by atoms with Crippen molar-refractivity contribution >= 4 is 35.6 Å². The SMILES string of the molecule is C=CC(=O)OCC(CCCO)(COCC(COC(=O)C=C)(COC(=O)C=C)COC(=O)Cc1ccc(C)c(CC(=O)C(C)(F)F)c1)COC(=O)C=C. The number of hydrogen-bond donors (Lipinski definition) is 1. The minimum atomic E-state index is -3.54. The molecule has 0 saturated carbocycles. The molecule has 0 aliphatic rings. The van der Waals surface area contributed by atoms with E-state index in [1.165, 1.54) is 6.07 Å². The molecule has 13 nitrogen and oxygen atoms in total. The molecule has 0 bridgehead atoms. The number of aryl methyl sites for hydroxylation is 1. The molecule has 1 aromatic rings. The normalized spacial score (nSPS) is 11.4. The Bertz CT molecular complexity index is 1410. The maximum atomic E-state index is 13.5. The van der Waals surface area contributed by atoms with Gasteiger partial charge in [-0.25, -0.2) is 19.2 Å². The maximum absolute atomic E-state index is 13.5. The zero-order chi connectivity index (χ0) is 39.4. The van der Waals surface area contributed by atoms with Crippen LogP contribution in [0.3, 0.4) is 0 Å². The van der Waals surface area contributed by atoms with Crippen LogP contribution >= 0.6 is 0 Å². The van der Waals surface area contributed by atoms with E-state index in [9.17, 15) is 42.7 Å². The molecule has 0 unspecified atom stereocenters. The number of halogens is 2. The highest BCUT2D eigenvalue weighted by molar-refractivity contribution is 5.87. The summed E-state index contributed by atoms with van der Waals surface area (Å²) in [6.45, 7) is 12.2. The van der Waals surface area contributed by atoms with Gasteiger partial charge in [-0.05, 0) is 36.5 Å². The average molecular weight is 737 g/mol. The molecule has 0 amide bonds. The number of aliphatic hydroxyl groups is 1. The number of aliphatic hydroxyl groups excluding tert-OH is 1. The Balaban J connectivity index is 3.40. The van der Waals surface area contributed by atoms with Gasteiger partial charge in [0, 0.05) is 44.3 Å². The first kappa shape index (κ1) is 45.0. The summed E-state index contributed by atoms with van der Waals surface area (Å²) in [5.74, 6) is -8.95. The van der Waals surface area contributed by atoms with E-state index in [2.05, 4.69) is 26.3 Å². The lowest BCUT2D eigenvalue weighted by atomic mass is 9.85. The second kappa shape index (κ2) is 22.0. The van der Waals surface area contributed by atoms with Crippen LogP contribution in [0, 0.1) is 17.8 Å². The molecule has 15 heteroatoms. The Hall–Kier alpha value is -5.02. The molecule has 1 rings (SSSR count). The first-order valence-electron chi connectivity index (χ1n) is 16.0. The third kappa shape index (κ3) is 16.3. The second-order valence-electron chi connectivity index (χ2n) is 12.2. The lowest BCUT2D eigenvalue weighted by Gasteiger charge is -2.35. The molecule has 0 atom stereocenters. The van der Waals surface area contributed by atoms with Crippen LogP contribution in [0.15, 0.2) is 68.8 Å². The molecular weight excluding hydrogens is 690 g/mol. The van der Waals surface area contributed by atoms with Gasteiger partial charge in [0.15, 0.2) is 0 Å². The van der Waals surface area contributed by atoms with Crippen LogP contribution in [0.2, 0.25) is 0 Å². The van der Waals surface area contributed by atoms with Crippen LogP contribution in [0.25, 0.3) is 0 Å². The molecule has 0 spiro atoms. The fourth-order valence-electron chi connectivity index (χ4n) is 4.47. The summed E-state index contributed by atoms with van der Waals surface area (Å²) >= 11 is 0. The number of carbonyl (C=O) groups excluding carboxylic acids is 6. The molecule has 0 heterocycles. The van der Waals surface area contributed by atoms with Gasteiger partial charge >= 0.3 is 35.8 Å². The lowest BCUT2D eigenvalue weighted by Crippen LogP contribution is -2.45. The molecule has 0 radical (unpaired) electrons. The van der Waals surface area contributed by atoms with Gasteiger partial charge in [0.05, 0.1) is 30.5 Å². The van der Waals surface area contributed by atoms with E-state index in [1.54, 1.807) is 19.1 Å². The van der Waals surface area contributed by atoms with Crippen molar-refractivity contribution in [2.24, 2.45) is 10.8 Å². The third-order valence-electron chi connectivity index (χ3n) is 7.57. The van der Waals surface area contributed by atoms with Crippen LogP contribution in [0.4, 0.5) is 8.78 Å². The van der Waals surface area contributed by atoms with Gasteiger partial charge in [0.1, 0.15) is 33.0 Å². The van der Waals surface area contributed by atoms with Crippen LogP contribution in [-0.2, 0) is 70.0 Å². The first-order chi connectivity index (χ1) is 24.5. The fraction of sp³-hybridized carbons (Fsp3) is 0.459. The van der Waals surface area contributed by atoms with E-state index in [-0.39, 0.29) is 45.7 Å². The lowest BCUT2D eigenvalue weighted by molar-refractivity contribution is -0.167. The van der Waals surface area contributed by atoms with E-state index in [1.807, 2.05) is 0 Å². The van der Waals surface area contributed by atoms with E-state index < -0.39 is 85.2 Å². The summed E-state index contributed by atoms with van der Waals surface area (Å²) in [5.41, 5.74) is -1.58. The summed E-state index contributed by atoms with van der Waals surface area (Å²) in [6, 6.07) is 4.58. The number of ether oxygens (including phenoxy) is 6. The monoisotopic (exact) mass is 736 g/mol. The summed E-state index contributed by atoms with van der Waals surface area (Å²) in [7, 11) is 0. The number of alkyl halides is 2. The highest BCUT2D eigenvalue weighted by Crippen LogP contribution is 2.29. The molecular formula is C37H46F2O13. The maximum Gasteiger partial charge on any atom is 0.330 e. The van der Waals surface area contributed by atoms with Gasteiger partial charge in [-0.2, -0.15) is 8.78 Å². The molecule has 0 aliphatic heterocycles. The predicted molar refractivity (Wildman–Crippen MR) is 182 cm³/mol. The Morgan fingerprint density at radius 1 is 0.692 bits per heavy atom. The van der Waals surface area contributed by atoms with Crippen molar-refractivity contribution in [2.75, 3.05) is 52.9 Å². The summed E-state index contributed by atoms with van der Waals surface area (Å²) in [5, 5.41) is 9.55. The van der Waals surface area contributed by atoms with Gasteiger partial charge in [0.25, 0.3) is 0 Å². The molecule has 0 saturated heterocycles. The quantitative estimate of drug-likeness (QED) is 0.0831. The Kier molecular flexibility index (Phi) is 19.1. The van der Waals surface area contributed by atoms with Crippen molar-refractivity contribution in [1.82, 2.24) is 0 Å². The number of esters is 5. The number of Topliss-reactive ketones (excluding diaryl/α,β-unsaturated/α-hetero) is 1. The highest BCUT2D eigenvalue weighted by atomic mass is 19.3. The highest BCUT2D eigenvalue weighted by Gasteiger charge is 2.39. The smallest absolute Gasteiger partial charge is 0.330 e. The minimum Gasteiger partial charge on any atom is -0.464 e. The Labute approximate surface area is 301 Å². The second-order valence-corrected chi connectivity index (χ2v) is 12.2. The molecule has 0 fully saturated rings. The zero-order valence-electron chi connectivity index (χ0n) is 29.5. The average Bonchev–Trinajstić information content (AvgIpc) is 3.12. The van der Waals surface area contributed by atoms with E-state index in [0.29, 0.717) is 23.6 Å². The van der Waals surface area contributed by atoms with Crippen LogP contribution in [0.5, 0.6) is 0 Å².